The number of esters is 2. The van der Waals surface area contributed by atoms with Crippen LogP contribution in [0.3, 0.4) is 0 Å². The van der Waals surface area contributed by atoms with Crippen molar-refractivity contribution >= 4 is 18.2 Å². The fraction of sp³-hybridized carbons (Fsp3) is 0.353. The molecule has 0 saturated heterocycles. The summed E-state index contributed by atoms with van der Waals surface area (Å²) in [5.41, 5.74) is 0.225. The Balaban J connectivity index is 2.59. The van der Waals surface area contributed by atoms with Crippen molar-refractivity contribution in [3.8, 4) is 11.5 Å². The van der Waals surface area contributed by atoms with Crippen LogP contribution < -0.4 is 9.47 Å². The largest absolute Gasteiger partial charge is 0.490 e. The first kappa shape index (κ1) is 18.4. The number of ether oxygens (including phenoxy) is 3. The highest BCUT2D eigenvalue weighted by molar-refractivity contribution is 5.87. The van der Waals surface area contributed by atoms with Gasteiger partial charge in [-0.2, -0.15) is 0 Å². The number of carbonyl (C=O) groups excluding carboxylic acids is 3. The van der Waals surface area contributed by atoms with E-state index in [0.29, 0.717) is 18.6 Å². The molecule has 6 heteroatoms. The number of para-hydroxylation sites is 2. The van der Waals surface area contributed by atoms with Crippen molar-refractivity contribution < 1.29 is 28.6 Å². The van der Waals surface area contributed by atoms with Gasteiger partial charge >= 0.3 is 11.9 Å². The summed E-state index contributed by atoms with van der Waals surface area (Å²) < 4.78 is 15.4. The molecule has 0 saturated carbocycles. The molecule has 0 bridgehead atoms. The second-order valence-corrected chi connectivity index (χ2v) is 4.83. The molecule has 0 aliphatic carbocycles. The van der Waals surface area contributed by atoms with Gasteiger partial charge in [-0.25, -0.2) is 4.79 Å². The number of carbonyl (C=O) groups is 3. The normalized spacial score (nSPS) is 11.2. The predicted octanol–water partition coefficient (Wildman–Crippen LogP) is 2.32. The number of hydrogen-bond donors (Lipinski definition) is 0. The van der Waals surface area contributed by atoms with Gasteiger partial charge in [-0.1, -0.05) is 18.7 Å². The summed E-state index contributed by atoms with van der Waals surface area (Å²) in [6, 6.07) is 6.74. The Labute approximate surface area is 135 Å². The molecule has 23 heavy (non-hydrogen) atoms. The van der Waals surface area contributed by atoms with Crippen LogP contribution in [0.4, 0.5) is 0 Å². The third kappa shape index (κ3) is 6.34. The minimum absolute atomic E-state index is 0.197. The molecule has 0 aliphatic heterocycles. The van der Waals surface area contributed by atoms with Crippen LogP contribution in [0.15, 0.2) is 36.4 Å². The number of aldehydes is 1. The first-order valence-corrected chi connectivity index (χ1v) is 7.18. The van der Waals surface area contributed by atoms with Gasteiger partial charge in [-0.15, -0.1) is 0 Å². The van der Waals surface area contributed by atoms with E-state index in [1.807, 2.05) is 6.92 Å². The van der Waals surface area contributed by atoms with Crippen LogP contribution in [0.25, 0.3) is 0 Å². The maximum atomic E-state index is 11.9. The van der Waals surface area contributed by atoms with Crippen molar-refractivity contribution in [1.82, 2.24) is 0 Å². The van der Waals surface area contributed by atoms with Crippen molar-refractivity contribution in [3.63, 3.8) is 0 Å². The Morgan fingerprint density at radius 1 is 1.26 bits per heavy atom. The van der Waals surface area contributed by atoms with Crippen molar-refractivity contribution in [3.05, 3.63) is 36.4 Å². The van der Waals surface area contributed by atoms with Gasteiger partial charge in [-0.05, 0) is 26.0 Å². The van der Waals surface area contributed by atoms with E-state index in [4.69, 9.17) is 14.2 Å². The molecule has 1 unspecified atom stereocenters. The molecule has 6 nitrogen and oxygen atoms in total. The summed E-state index contributed by atoms with van der Waals surface area (Å²) in [4.78, 5) is 34.2. The van der Waals surface area contributed by atoms with Crippen molar-refractivity contribution in [2.24, 2.45) is 5.92 Å². The summed E-state index contributed by atoms with van der Waals surface area (Å²) >= 11 is 0. The Morgan fingerprint density at radius 2 is 1.91 bits per heavy atom. The average molecular weight is 320 g/mol. The third-order valence-electron chi connectivity index (χ3n) is 2.77. The molecule has 0 aliphatic rings. The Kier molecular flexibility index (Phi) is 7.53. The van der Waals surface area contributed by atoms with Crippen LogP contribution in [-0.2, 0) is 19.1 Å². The van der Waals surface area contributed by atoms with E-state index in [9.17, 15) is 14.4 Å². The topological polar surface area (TPSA) is 78.9 Å². The van der Waals surface area contributed by atoms with E-state index in [-0.39, 0.29) is 24.4 Å². The molecule has 0 N–H and O–H groups in total. The maximum absolute atomic E-state index is 11.9. The summed E-state index contributed by atoms with van der Waals surface area (Å²) in [6.45, 7) is 6.98. The Hall–Kier alpha value is -2.63. The molecule has 1 aromatic carbocycles. The van der Waals surface area contributed by atoms with Crippen LogP contribution in [0.2, 0.25) is 0 Å². The highest BCUT2D eigenvalue weighted by atomic mass is 16.6. The minimum Gasteiger partial charge on any atom is -0.490 e. The fourth-order valence-corrected chi connectivity index (χ4v) is 1.64. The lowest BCUT2D eigenvalue weighted by Crippen LogP contribution is -2.21. The molecule has 1 atom stereocenters. The van der Waals surface area contributed by atoms with Crippen molar-refractivity contribution in [2.45, 2.75) is 20.3 Å². The van der Waals surface area contributed by atoms with Crippen LogP contribution in [0.5, 0.6) is 11.5 Å². The van der Waals surface area contributed by atoms with Gasteiger partial charge in [0.25, 0.3) is 0 Å². The third-order valence-corrected chi connectivity index (χ3v) is 2.77. The Bertz CT molecular complexity index is 578. The first-order chi connectivity index (χ1) is 11.0. The Morgan fingerprint density at radius 3 is 2.48 bits per heavy atom. The van der Waals surface area contributed by atoms with Gasteiger partial charge < -0.3 is 19.0 Å². The first-order valence-electron chi connectivity index (χ1n) is 7.18. The zero-order valence-electron chi connectivity index (χ0n) is 13.2. The van der Waals surface area contributed by atoms with Gasteiger partial charge in [-0.3, -0.25) is 4.79 Å². The molecular weight excluding hydrogens is 300 g/mol. The molecule has 0 amide bonds. The smallest absolute Gasteiger partial charge is 0.333 e. The molecule has 0 aromatic heterocycles. The highest BCUT2D eigenvalue weighted by Crippen LogP contribution is 2.27. The molecule has 0 heterocycles. The SMILES string of the molecule is C=C(C)C(=O)OCC(C=O)CC(=O)Oc1ccccc1OCC. The highest BCUT2D eigenvalue weighted by Gasteiger charge is 2.18. The molecule has 1 rings (SSSR count). The average Bonchev–Trinajstić information content (AvgIpc) is 2.53. The van der Waals surface area contributed by atoms with E-state index in [0.717, 1.165) is 0 Å². The van der Waals surface area contributed by atoms with E-state index >= 15 is 0 Å². The van der Waals surface area contributed by atoms with E-state index in [1.54, 1.807) is 24.3 Å². The lowest BCUT2D eigenvalue weighted by molar-refractivity contribution is -0.144. The molecule has 0 fully saturated rings. The second-order valence-electron chi connectivity index (χ2n) is 4.83. The van der Waals surface area contributed by atoms with E-state index in [2.05, 4.69) is 6.58 Å². The predicted molar refractivity (Wildman–Crippen MR) is 83.2 cm³/mol. The zero-order chi connectivity index (χ0) is 17.2. The number of rotatable bonds is 9. The van der Waals surface area contributed by atoms with Gasteiger partial charge in [0.05, 0.1) is 18.9 Å². The van der Waals surface area contributed by atoms with E-state index in [1.165, 1.54) is 6.92 Å². The van der Waals surface area contributed by atoms with E-state index < -0.39 is 17.9 Å². The fourth-order valence-electron chi connectivity index (χ4n) is 1.64. The number of benzene rings is 1. The molecule has 0 radical (unpaired) electrons. The van der Waals surface area contributed by atoms with Gasteiger partial charge in [0.2, 0.25) is 0 Å². The van der Waals surface area contributed by atoms with Crippen LogP contribution in [0, 0.1) is 5.92 Å². The van der Waals surface area contributed by atoms with Gasteiger partial charge in [0.1, 0.15) is 12.9 Å². The number of hydrogen-bond acceptors (Lipinski definition) is 6. The monoisotopic (exact) mass is 320 g/mol. The lowest BCUT2D eigenvalue weighted by atomic mass is 10.1. The maximum Gasteiger partial charge on any atom is 0.333 e. The molecule has 124 valence electrons. The molecule has 1 aromatic rings. The summed E-state index contributed by atoms with van der Waals surface area (Å²) in [7, 11) is 0. The van der Waals surface area contributed by atoms with Crippen molar-refractivity contribution in [1.29, 1.82) is 0 Å². The molecular formula is C17H20O6. The second kappa shape index (κ2) is 9.40. The summed E-state index contributed by atoms with van der Waals surface area (Å²) in [6.07, 6.45) is 0.356. The van der Waals surface area contributed by atoms with Gasteiger partial charge in [0.15, 0.2) is 11.5 Å². The zero-order valence-corrected chi connectivity index (χ0v) is 13.2. The molecule has 0 spiro atoms. The minimum atomic E-state index is -0.773. The summed E-state index contributed by atoms with van der Waals surface area (Å²) in [5.74, 6) is -1.26. The van der Waals surface area contributed by atoms with Crippen LogP contribution in [-0.4, -0.2) is 31.4 Å². The van der Waals surface area contributed by atoms with Gasteiger partial charge in [0, 0.05) is 5.57 Å². The standard InChI is InChI=1S/C17H20O6/c1-4-21-14-7-5-6-8-15(14)23-16(19)9-13(10-18)11-22-17(20)12(2)3/h5-8,10,13H,2,4,9,11H2,1,3H3. The van der Waals surface area contributed by atoms with Crippen molar-refractivity contribution in [2.75, 3.05) is 13.2 Å². The van der Waals surface area contributed by atoms with Crippen LogP contribution >= 0.6 is 0 Å². The lowest BCUT2D eigenvalue weighted by Gasteiger charge is -2.12. The summed E-state index contributed by atoms with van der Waals surface area (Å²) in [5, 5.41) is 0. The van der Waals surface area contributed by atoms with Crippen LogP contribution in [0.1, 0.15) is 20.3 Å². The quantitative estimate of drug-likeness (QED) is 0.301.